The lowest BCUT2D eigenvalue weighted by Gasteiger charge is -2.06. The lowest BCUT2D eigenvalue weighted by Crippen LogP contribution is -1.97. The smallest absolute Gasteiger partial charge is 0.258 e. The molecule has 5 heteroatoms. The van der Waals surface area contributed by atoms with E-state index in [4.69, 9.17) is 9.26 Å². The van der Waals surface area contributed by atoms with Crippen LogP contribution in [0.4, 0.5) is 0 Å². The van der Waals surface area contributed by atoms with Crippen LogP contribution in [0.5, 0.6) is 5.75 Å². The van der Waals surface area contributed by atoms with Crippen LogP contribution in [0, 0.1) is 3.57 Å². The Morgan fingerprint density at radius 2 is 1.41 bits per heavy atom. The highest BCUT2D eigenvalue weighted by atomic mass is 127. The molecule has 0 aliphatic rings. The number of aromatic nitrogens is 2. The number of nitrogens with zero attached hydrogens (tertiary/aromatic N) is 2. The molecule has 3 rings (SSSR count). The van der Waals surface area contributed by atoms with Crippen molar-refractivity contribution in [1.82, 2.24) is 10.1 Å². The van der Waals surface area contributed by atoms with Gasteiger partial charge in [-0.1, -0.05) is 57.0 Å². The molecule has 3 aromatic rings. The summed E-state index contributed by atoms with van der Waals surface area (Å²) in [5, 5.41) is 4.11. The van der Waals surface area contributed by atoms with Crippen LogP contribution in [-0.2, 0) is 0 Å². The first-order valence-electron chi connectivity index (χ1n) is 10.6. The molecular weight excluding hydrogens is 475 g/mol. The Kier molecular flexibility index (Phi) is 8.99. The van der Waals surface area contributed by atoms with Gasteiger partial charge in [0.05, 0.1) is 6.61 Å². The molecule has 0 fully saturated rings. The molecule has 0 aliphatic heterocycles. The third-order valence-corrected chi connectivity index (χ3v) is 5.62. The highest BCUT2D eigenvalue weighted by Crippen LogP contribution is 2.24. The van der Waals surface area contributed by atoms with Gasteiger partial charge in [0.25, 0.3) is 5.89 Å². The maximum Gasteiger partial charge on any atom is 0.258 e. The summed E-state index contributed by atoms with van der Waals surface area (Å²) in [6.45, 7) is 3.03. The van der Waals surface area contributed by atoms with E-state index in [0.717, 1.165) is 29.9 Å². The predicted octanol–water partition coefficient (Wildman–Crippen LogP) is 7.53. The Bertz CT molecular complexity index is 844. The molecule has 2 aromatic carbocycles. The molecular formula is C24H29IN2O2. The minimum absolute atomic E-state index is 0.534. The molecule has 1 aromatic heterocycles. The summed E-state index contributed by atoms with van der Waals surface area (Å²) in [7, 11) is 0. The van der Waals surface area contributed by atoms with Gasteiger partial charge in [-0.25, -0.2) is 0 Å². The summed E-state index contributed by atoms with van der Waals surface area (Å²) in [5.41, 5.74) is 1.85. The molecule has 0 saturated carbocycles. The van der Waals surface area contributed by atoms with Crippen molar-refractivity contribution in [3.63, 3.8) is 0 Å². The molecule has 0 radical (unpaired) electrons. The van der Waals surface area contributed by atoms with Gasteiger partial charge in [-0.15, -0.1) is 0 Å². The highest BCUT2D eigenvalue weighted by molar-refractivity contribution is 14.1. The van der Waals surface area contributed by atoms with Crippen molar-refractivity contribution in [2.45, 2.75) is 58.3 Å². The van der Waals surface area contributed by atoms with Gasteiger partial charge in [0.2, 0.25) is 5.82 Å². The lowest BCUT2D eigenvalue weighted by atomic mass is 10.1. The van der Waals surface area contributed by atoms with Crippen molar-refractivity contribution < 1.29 is 9.26 Å². The average Bonchev–Trinajstić information content (AvgIpc) is 3.24. The molecule has 0 bridgehead atoms. The minimum atomic E-state index is 0.534. The largest absolute Gasteiger partial charge is 0.494 e. The Balaban J connectivity index is 1.42. The van der Waals surface area contributed by atoms with Gasteiger partial charge in [0.1, 0.15) is 5.75 Å². The van der Waals surface area contributed by atoms with E-state index in [1.54, 1.807) is 0 Å². The Labute approximate surface area is 187 Å². The van der Waals surface area contributed by atoms with E-state index in [2.05, 4.69) is 39.7 Å². The Hall–Kier alpha value is -1.89. The van der Waals surface area contributed by atoms with Crippen molar-refractivity contribution in [2.75, 3.05) is 6.61 Å². The van der Waals surface area contributed by atoms with Gasteiger partial charge >= 0.3 is 0 Å². The zero-order chi connectivity index (χ0) is 20.3. The molecule has 0 saturated heterocycles. The summed E-state index contributed by atoms with van der Waals surface area (Å²) < 4.78 is 12.5. The number of ether oxygens (including phenoxy) is 1. The molecule has 0 spiro atoms. The molecule has 0 unspecified atom stereocenters. The molecule has 0 amide bonds. The fraction of sp³-hybridized carbons (Fsp3) is 0.417. The van der Waals surface area contributed by atoms with E-state index in [0.29, 0.717) is 11.7 Å². The Morgan fingerprint density at radius 1 is 0.793 bits per heavy atom. The van der Waals surface area contributed by atoms with E-state index >= 15 is 0 Å². The maximum atomic E-state index is 5.86. The normalized spacial score (nSPS) is 11.0. The van der Waals surface area contributed by atoms with Gasteiger partial charge < -0.3 is 9.26 Å². The number of benzene rings is 2. The van der Waals surface area contributed by atoms with Gasteiger partial charge in [-0.05, 0) is 77.5 Å². The minimum Gasteiger partial charge on any atom is -0.494 e. The van der Waals surface area contributed by atoms with Crippen LogP contribution in [0.15, 0.2) is 53.1 Å². The van der Waals surface area contributed by atoms with Gasteiger partial charge in [0, 0.05) is 14.7 Å². The number of hydrogen-bond acceptors (Lipinski definition) is 4. The first-order chi connectivity index (χ1) is 14.3. The van der Waals surface area contributed by atoms with Crippen molar-refractivity contribution in [1.29, 1.82) is 0 Å². The quantitative estimate of drug-likeness (QED) is 0.189. The van der Waals surface area contributed by atoms with Crippen molar-refractivity contribution in [3.8, 4) is 28.6 Å². The van der Waals surface area contributed by atoms with Crippen molar-refractivity contribution >= 4 is 22.6 Å². The van der Waals surface area contributed by atoms with E-state index in [1.807, 2.05) is 48.5 Å². The molecule has 4 nitrogen and oxygen atoms in total. The van der Waals surface area contributed by atoms with E-state index in [-0.39, 0.29) is 0 Å². The first-order valence-corrected chi connectivity index (χ1v) is 11.7. The first kappa shape index (κ1) is 21.8. The maximum absolute atomic E-state index is 5.86. The van der Waals surface area contributed by atoms with E-state index in [9.17, 15) is 0 Å². The second-order valence-electron chi connectivity index (χ2n) is 7.28. The van der Waals surface area contributed by atoms with Crippen LogP contribution >= 0.6 is 22.6 Å². The molecule has 0 atom stereocenters. The van der Waals surface area contributed by atoms with Crippen LogP contribution in [0.1, 0.15) is 58.3 Å². The molecule has 154 valence electrons. The molecule has 29 heavy (non-hydrogen) atoms. The van der Waals surface area contributed by atoms with Crippen LogP contribution in [-0.4, -0.2) is 16.7 Å². The van der Waals surface area contributed by atoms with Gasteiger partial charge in [-0.2, -0.15) is 4.98 Å². The fourth-order valence-electron chi connectivity index (χ4n) is 3.18. The number of halogens is 1. The predicted molar refractivity (Wildman–Crippen MR) is 126 cm³/mol. The van der Waals surface area contributed by atoms with Gasteiger partial charge in [-0.3, -0.25) is 0 Å². The lowest BCUT2D eigenvalue weighted by molar-refractivity contribution is 0.304. The van der Waals surface area contributed by atoms with Crippen LogP contribution in [0.25, 0.3) is 22.8 Å². The number of unbranched alkanes of at least 4 members (excludes halogenated alkanes) is 7. The number of rotatable bonds is 12. The fourth-order valence-corrected chi connectivity index (χ4v) is 3.54. The standard InChI is InChI=1S/C24H29IN2O2/c1-2-3-4-5-6-7-8-9-18-28-22-16-12-19(13-17-22)23-26-24(29-27-23)20-10-14-21(25)15-11-20/h10-17H,2-9,18H2,1H3. The summed E-state index contributed by atoms with van der Waals surface area (Å²) in [5.74, 6) is 2.01. The summed E-state index contributed by atoms with van der Waals surface area (Å²) >= 11 is 2.28. The highest BCUT2D eigenvalue weighted by Gasteiger charge is 2.10. The van der Waals surface area contributed by atoms with Crippen LogP contribution in [0.3, 0.4) is 0 Å². The molecule has 0 N–H and O–H groups in total. The van der Waals surface area contributed by atoms with Crippen molar-refractivity contribution in [2.24, 2.45) is 0 Å². The van der Waals surface area contributed by atoms with Gasteiger partial charge in [0.15, 0.2) is 0 Å². The topological polar surface area (TPSA) is 48.2 Å². The average molecular weight is 504 g/mol. The monoisotopic (exact) mass is 504 g/mol. The van der Waals surface area contributed by atoms with Crippen LogP contribution in [0.2, 0.25) is 0 Å². The number of hydrogen-bond donors (Lipinski definition) is 0. The second-order valence-corrected chi connectivity index (χ2v) is 8.52. The summed E-state index contributed by atoms with van der Waals surface area (Å²) in [6.07, 6.45) is 10.5. The third kappa shape index (κ3) is 7.14. The zero-order valence-corrected chi connectivity index (χ0v) is 19.2. The van der Waals surface area contributed by atoms with E-state index < -0.39 is 0 Å². The third-order valence-electron chi connectivity index (χ3n) is 4.90. The molecule has 1 heterocycles. The molecule has 0 aliphatic carbocycles. The summed E-state index contributed by atoms with van der Waals surface area (Å²) in [6, 6.07) is 15.9. The van der Waals surface area contributed by atoms with E-state index in [1.165, 1.54) is 48.5 Å². The zero-order valence-electron chi connectivity index (χ0n) is 17.1. The second kappa shape index (κ2) is 12.0. The van der Waals surface area contributed by atoms with Crippen molar-refractivity contribution in [3.05, 3.63) is 52.1 Å². The SMILES string of the molecule is CCCCCCCCCCOc1ccc(-c2noc(-c3ccc(I)cc3)n2)cc1. The Morgan fingerprint density at radius 3 is 2.10 bits per heavy atom. The summed E-state index contributed by atoms with van der Waals surface area (Å²) in [4.78, 5) is 4.51. The van der Waals surface area contributed by atoms with Crippen LogP contribution < -0.4 is 4.74 Å².